The number of carbonyl (C=O) groups is 2. The van der Waals surface area contributed by atoms with Crippen molar-refractivity contribution in [3.8, 4) is 6.07 Å². The predicted molar refractivity (Wildman–Crippen MR) is 116 cm³/mol. The highest BCUT2D eigenvalue weighted by molar-refractivity contribution is 5.94. The highest BCUT2D eigenvalue weighted by Gasteiger charge is 2.24. The highest BCUT2D eigenvalue weighted by atomic mass is 16.2. The first kappa shape index (κ1) is 22.3. The molecule has 0 aromatic heterocycles. The van der Waals surface area contributed by atoms with Crippen molar-refractivity contribution in [2.75, 3.05) is 46.3 Å². The molecule has 7 nitrogen and oxygen atoms in total. The van der Waals surface area contributed by atoms with Gasteiger partial charge in [-0.05, 0) is 76.0 Å². The quantitative estimate of drug-likeness (QED) is 0.742. The molecule has 2 atom stereocenters. The molecule has 2 N–H and O–H groups in total. The Hall–Kier alpha value is -2.43. The lowest BCUT2D eigenvalue weighted by atomic mass is 9.85. The maximum Gasteiger partial charge on any atom is 0.251 e. The minimum atomic E-state index is -0.0969. The first-order valence-electron chi connectivity index (χ1n) is 11.0. The second-order valence-electron chi connectivity index (χ2n) is 8.63. The molecule has 3 rings (SSSR count). The van der Waals surface area contributed by atoms with Crippen molar-refractivity contribution >= 4 is 11.8 Å². The van der Waals surface area contributed by atoms with Crippen LogP contribution in [0, 0.1) is 17.2 Å². The third-order valence-electron chi connectivity index (χ3n) is 6.16. The Morgan fingerprint density at radius 1 is 1.10 bits per heavy atom. The number of benzene rings is 1. The third-order valence-corrected chi connectivity index (χ3v) is 6.16. The van der Waals surface area contributed by atoms with E-state index in [1.807, 2.05) is 0 Å². The highest BCUT2D eigenvalue weighted by Crippen LogP contribution is 2.24. The number of nitrogens with one attached hydrogen (secondary N) is 2. The number of nitrogens with zero attached hydrogens (tertiary/aromatic N) is 3. The molecule has 162 valence electrons. The summed E-state index contributed by atoms with van der Waals surface area (Å²) in [6.07, 6.45) is 5.09. The van der Waals surface area contributed by atoms with E-state index in [2.05, 4.69) is 33.6 Å². The Morgan fingerprint density at radius 3 is 2.67 bits per heavy atom. The predicted octanol–water partition coefficient (Wildman–Crippen LogP) is 1.60. The van der Waals surface area contributed by atoms with Gasteiger partial charge < -0.3 is 15.5 Å². The molecule has 1 aromatic rings. The fourth-order valence-corrected chi connectivity index (χ4v) is 4.35. The van der Waals surface area contributed by atoms with Crippen LogP contribution in [0.5, 0.6) is 0 Å². The standard InChI is InChI=1S/C23H33N5O2/c1-27-10-3-11-28(13-12-27)17-22(29)25-16-19-4-2-5-21(14-19)26-23(30)20-8-6-18(15-24)7-9-20/h6-9,19,21H,2-5,10-14,16-17H2,1H3,(H,25,29)(H,26,30)/t19-,21+/m1/s1. The average Bonchev–Trinajstić information content (AvgIpc) is 2.96. The molecule has 1 aliphatic heterocycles. The minimum Gasteiger partial charge on any atom is -0.355 e. The Morgan fingerprint density at radius 2 is 1.90 bits per heavy atom. The van der Waals surface area contributed by atoms with Crippen LogP contribution in [0.1, 0.15) is 48.0 Å². The summed E-state index contributed by atoms with van der Waals surface area (Å²) in [4.78, 5) is 29.4. The summed E-state index contributed by atoms with van der Waals surface area (Å²) in [5.74, 6) is 0.396. The fraction of sp³-hybridized carbons (Fsp3) is 0.609. The molecule has 1 aromatic carbocycles. The largest absolute Gasteiger partial charge is 0.355 e. The second-order valence-corrected chi connectivity index (χ2v) is 8.63. The monoisotopic (exact) mass is 411 g/mol. The van der Waals surface area contributed by atoms with Crippen LogP contribution in [-0.4, -0.2) is 74.0 Å². The molecule has 2 aliphatic rings. The van der Waals surface area contributed by atoms with Gasteiger partial charge in [0.1, 0.15) is 0 Å². The van der Waals surface area contributed by atoms with E-state index in [0.29, 0.717) is 30.1 Å². The van der Waals surface area contributed by atoms with Gasteiger partial charge in [-0.3, -0.25) is 14.5 Å². The molecule has 0 unspecified atom stereocenters. The van der Waals surface area contributed by atoms with Crippen molar-refractivity contribution < 1.29 is 9.59 Å². The lowest BCUT2D eigenvalue weighted by Crippen LogP contribution is -2.43. The van der Waals surface area contributed by atoms with Crippen LogP contribution in [0.25, 0.3) is 0 Å². The first-order chi connectivity index (χ1) is 14.5. The van der Waals surface area contributed by atoms with Gasteiger partial charge in [0.05, 0.1) is 18.2 Å². The van der Waals surface area contributed by atoms with Gasteiger partial charge in [-0.1, -0.05) is 6.42 Å². The zero-order chi connectivity index (χ0) is 21.3. The van der Waals surface area contributed by atoms with E-state index >= 15 is 0 Å². The number of rotatable bonds is 6. The Balaban J connectivity index is 1.40. The van der Waals surface area contributed by atoms with Gasteiger partial charge in [0.25, 0.3) is 5.91 Å². The number of carbonyl (C=O) groups excluding carboxylic acids is 2. The summed E-state index contributed by atoms with van der Waals surface area (Å²) in [6.45, 7) is 5.17. The molecular weight excluding hydrogens is 378 g/mol. The van der Waals surface area contributed by atoms with Crippen LogP contribution < -0.4 is 10.6 Å². The van der Waals surface area contributed by atoms with E-state index in [4.69, 9.17) is 5.26 Å². The topological polar surface area (TPSA) is 88.5 Å². The van der Waals surface area contributed by atoms with Crippen LogP contribution in [0.3, 0.4) is 0 Å². The van der Waals surface area contributed by atoms with Gasteiger partial charge >= 0.3 is 0 Å². The van der Waals surface area contributed by atoms with E-state index < -0.39 is 0 Å². The van der Waals surface area contributed by atoms with E-state index in [1.54, 1.807) is 24.3 Å². The summed E-state index contributed by atoms with van der Waals surface area (Å²) >= 11 is 0. The molecule has 1 aliphatic carbocycles. The van der Waals surface area contributed by atoms with E-state index in [0.717, 1.165) is 58.3 Å². The zero-order valence-electron chi connectivity index (χ0n) is 17.9. The Bertz CT molecular complexity index is 758. The van der Waals surface area contributed by atoms with Gasteiger partial charge in [-0.25, -0.2) is 0 Å². The van der Waals surface area contributed by atoms with Gasteiger partial charge in [0.15, 0.2) is 0 Å². The lowest BCUT2D eigenvalue weighted by Gasteiger charge is -2.30. The molecule has 1 saturated carbocycles. The van der Waals surface area contributed by atoms with Crippen molar-refractivity contribution in [3.63, 3.8) is 0 Å². The molecule has 2 amide bonds. The Kier molecular flexibility index (Phi) is 8.23. The van der Waals surface area contributed by atoms with Crippen molar-refractivity contribution in [1.82, 2.24) is 20.4 Å². The molecule has 30 heavy (non-hydrogen) atoms. The molecule has 0 spiro atoms. The summed E-state index contributed by atoms with van der Waals surface area (Å²) in [7, 11) is 2.13. The SMILES string of the molecule is CN1CCCN(CC(=O)NC[C@@H]2CCC[C@H](NC(=O)c3ccc(C#N)cc3)C2)CC1. The van der Waals surface area contributed by atoms with Crippen LogP contribution >= 0.6 is 0 Å². The summed E-state index contributed by atoms with van der Waals surface area (Å²) in [6, 6.07) is 8.90. The third kappa shape index (κ3) is 6.82. The molecular formula is C23H33N5O2. The molecule has 0 bridgehead atoms. The van der Waals surface area contributed by atoms with E-state index in [9.17, 15) is 9.59 Å². The van der Waals surface area contributed by atoms with Crippen LogP contribution in [0.2, 0.25) is 0 Å². The molecule has 1 saturated heterocycles. The minimum absolute atomic E-state index is 0.0969. The first-order valence-corrected chi connectivity index (χ1v) is 11.0. The number of amides is 2. The van der Waals surface area contributed by atoms with Gasteiger partial charge in [0, 0.05) is 31.2 Å². The maximum atomic E-state index is 12.5. The van der Waals surface area contributed by atoms with Gasteiger partial charge in [-0.15, -0.1) is 0 Å². The molecule has 2 fully saturated rings. The molecule has 1 heterocycles. The number of nitriles is 1. The fourth-order valence-electron chi connectivity index (χ4n) is 4.35. The number of hydrogen-bond acceptors (Lipinski definition) is 5. The normalized spacial score (nSPS) is 23.2. The van der Waals surface area contributed by atoms with E-state index in [1.165, 1.54) is 0 Å². The Labute approximate surface area is 179 Å². The van der Waals surface area contributed by atoms with Crippen molar-refractivity contribution in [3.05, 3.63) is 35.4 Å². The second kappa shape index (κ2) is 11.1. The van der Waals surface area contributed by atoms with Crippen molar-refractivity contribution in [1.29, 1.82) is 5.26 Å². The van der Waals surface area contributed by atoms with Gasteiger partial charge in [-0.2, -0.15) is 5.26 Å². The zero-order valence-corrected chi connectivity index (χ0v) is 17.9. The van der Waals surface area contributed by atoms with Crippen LogP contribution in [0.4, 0.5) is 0 Å². The molecule has 0 radical (unpaired) electrons. The lowest BCUT2D eigenvalue weighted by molar-refractivity contribution is -0.122. The maximum absolute atomic E-state index is 12.5. The van der Waals surface area contributed by atoms with Crippen LogP contribution in [-0.2, 0) is 4.79 Å². The summed E-state index contributed by atoms with van der Waals surface area (Å²) < 4.78 is 0. The van der Waals surface area contributed by atoms with E-state index in [-0.39, 0.29) is 17.9 Å². The smallest absolute Gasteiger partial charge is 0.251 e. The molecule has 7 heteroatoms. The van der Waals surface area contributed by atoms with Crippen LogP contribution in [0.15, 0.2) is 24.3 Å². The summed E-state index contributed by atoms with van der Waals surface area (Å²) in [5.41, 5.74) is 1.12. The van der Waals surface area contributed by atoms with Crippen molar-refractivity contribution in [2.24, 2.45) is 5.92 Å². The number of hydrogen-bond donors (Lipinski definition) is 2. The number of likely N-dealkylation sites (N-methyl/N-ethyl adjacent to an activating group) is 1. The summed E-state index contributed by atoms with van der Waals surface area (Å²) in [5, 5.41) is 15.1. The van der Waals surface area contributed by atoms with Crippen molar-refractivity contribution in [2.45, 2.75) is 38.1 Å². The average molecular weight is 412 g/mol. The van der Waals surface area contributed by atoms with Gasteiger partial charge in [0.2, 0.25) is 5.91 Å².